The van der Waals surface area contributed by atoms with Crippen LogP contribution in [0.4, 0.5) is 0 Å². The first-order valence-electron chi connectivity index (χ1n) is 6.25. The number of aromatic nitrogens is 2. The SMILES string of the molecule is Cc1cccc(-c2nc(Cl)c3ccc(Br)cc3n2)c1C. The van der Waals surface area contributed by atoms with E-state index in [0.717, 1.165) is 20.9 Å². The molecule has 0 aliphatic rings. The molecule has 100 valence electrons. The van der Waals surface area contributed by atoms with Gasteiger partial charge in [0.2, 0.25) is 0 Å². The van der Waals surface area contributed by atoms with Gasteiger partial charge in [-0.2, -0.15) is 0 Å². The second kappa shape index (κ2) is 5.15. The molecule has 0 atom stereocenters. The molecule has 2 nitrogen and oxygen atoms in total. The fourth-order valence-electron chi connectivity index (χ4n) is 2.18. The number of benzene rings is 2. The van der Waals surface area contributed by atoms with Gasteiger partial charge in [-0.3, -0.25) is 0 Å². The maximum absolute atomic E-state index is 6.29. The lowest BCUT2D eigenvalue weighted by Gasteiger charge is -2.09. The molecule has 0 aliphatic carbocycles. The van der Waals surface area contributed by atoms with Crippen LogP contribution in [0.5, 0.6) is 0 Å². The molecule has 20 heavy (non-hydrogen) atoms. The van der Waals surface area contributed by atoms with Crippen LogP contribution in [0.1, 0.15) is 11.1 Å². The maximum atomic E-state index is 6.29. The standard InChI is InChI=1S/C16H12BrClN2/c1-9-4-3-5-12(10(9)2)16-19-14-8-11(17)6-7-13(14)15(18)20-16/h3-8H,1-2H3. The van der Waals surface area contributed by atoms with Crippen molar-refractivity contribution in [2.45, 2.75) is 13.8 Å². The van der Waals surface area contributed by atoms with Gasteiger partial charge in [0.25, 0.3) is 0 Å². The van der Waals surface area contributed by atoms with Crippen LogP contribution in [0.15, 0.2) is 40.9 Å². The second-order valence-electron chi connectivity index (χ2n) is 4.75. The van der Waals surface area contributed by atoms with Gasteiger partial charge in [0.15, 0.2) is 5.82 Å². The summed E-state index contributed by atoms with van der Waals surface area (Å²) in [5, 5.41) is 1.35. The van der Waals surface area contributed by atoms with Crippen LogP contribution < -0.4 is 0 Å². The Hall–Kier alpha value is -1.45. The largest absolute Gasteiger partial charge is 0.228 e. The molecule has 0 fully saturated rings. The Kier molecular flexibility index (Phi) is 3.48. The molecular formula is C16H12BrClN2. The van der Waals surface area contributed by atoms with Gasteiger partial charge in [-0.05, 0) is 43.2 Å². The van der Waals surface area contributed by atoms with Crippen LogP contribution in [0.3, 0.4) is 0 Å². The topological polar surface area (TPSA) is 25.8 Å². The Balaban J connectivity index is 2.29. The van der Waals surface area contributed by atoms with E-state index in [1.165, 1.54) is 11.1 Å². The number of aryl methyl sites for hydroxylation is 1. The quantitative estimate of drug-likeness (QED) is 0.556. The predicted molar refractivity (Wildman–Crippen MR) is 87.2 cm³/mol. The Labute approximate surface area is 131 Å². The smallest absolute Gasteiger partial charge is 0.161 e. The lowest BCUT2D eigenvalue weighted by molar-refractivity contribution is 1.20. The number of hydrogen-bond donors (Lipinski definition) is 0. The van der Waals surface area contributed by atoms with Gasteiger partial charge >= 0.3 is 0 Å². The molecule has 0 bridgehead atoms. The minimum Gasteiger partial charge on any atom is -0.228 e. The zero-order valence-corrected chi connectivity index (χ0v) is 13.5. The zero-order chi connectivity index (χ0) is 14.3. The molecule has 0 radical (unpaired) electrons. The van der Waals surface area contributed by atoms with E-state index in [1.54, 1.807) is 0 Å². The van der Waals surface area contributed by atoms with Crippen LogP contribution in [0, 0.1) is 13.8 Å². The third kappa shape index (κ3) is 2.32. The normalized spacial score (nSPS) is 11.0. The summed E-state index contributed by atoms with van der Waals surface area (Å²) in [6, 6.07) is 11.9. The Bertz CT molecular complexity index is 815. The van der Waals surface area contributed by atoms with E-state index in [4.69, 9.17) is 11.6 Å². The van der Waals surface area contributed by atoms with Crippen molar-refractivity contribution in [2.24, 2.45) is 0 Å². The Morgan fingerprint density at radius 1 is 1.05 bits per heavy atom. The van der Waals surface area contributed by atoms with Crippen LogP contribution in [-0.4, -0.2) is 9.97 Å². The fraction of sp³-hybridized carbons (Fsp3) is 0.125. The van der Waals surface area contributed by atoms with E-state index >= 15 is 0 Å². The van der Waals surface area contributed by atoms with E-state index in [1.807, 2.05) is 30.3 Å². The average molecular weight is 348 g/mol. The van der Waals surface area contributed by atoms with Crippen molar-refractivity contribution in [3.8, 4) is 11.4 Å². The summed E-state index contributed by atoms with van der Waals surface area (Å²) in [7, 11) is 0. The van der Waals surface area contributed by atoms with Crippen LogP contribution in [0.2, 0.25) is 5.15 Å². The maximum Gasteiger partial charge on any atom is 0.161 e. The highest BCUT2D eigenvalue weighted by molar-refractivity contribution is 9.10. The van der Waals surface area contributed by atoms with E-state index in [2.05, 4.69) is 45.8 Å². The molecule has 1 heterocycles. The van der Waals surface area contributed by atoms with Gasteiger partial charge in [-0.15, -0.1) is 0 Å². The summed E-state index contributed by atoms with van der Waals surface area (Å²) in [5.41, 5.74) is 4.26. The molecule has 0 N–H and O–H groups in total. The molecule has 0 saturated heterocycles. The number of hydrogen-bond acceptors (Lipinski definition) is 2. The summed E-state index contributed by atoms with van der Waals surface area (Å²) >= 11 is 9.75. The van der Waals surface area contributed by atoms with Crippen molar-refractivity contribution >= 4 is 38.4 Å². The highest BCUT2D eigenvalue weighted by Crippen LogP contribution is 2.29. The van der Waals surface area contributed by atoms with Crippen LogP contribution in [-0.2, 0) is 0 Å². The molecule has 0 amide bonds. The first kappa shape index (κ1) is 13.5. The minimum atomic E-state index is 0.485. The van der Waals surface area contributed by atoms with Gasteiger partial charge in [0, 0.05) is 15.4 Å². The summed E-state index contributed by atoms with van der Waals surface area (Å²) in [5.74, 6) is 0.668. The van der Waals surface area contributed by atoms with Gasteiger partial charge in [-0.25, -0.2) is 9.97 Å². The first-order chi connectivity index (χ1) is 9.56. The molecule has 0 spiro atoms. The Morgan fingerprint density at radius 3 is 2.65 bits per heavy atom. The molecule has 4 heteroatoms. The summed E-state index contributed by atoms with van der Waals surface area (Å²) in [6.07, 6.45) is 0. The van der Waals surface area contributed by atoms with Crippen molar-refractivity contribution in [3.05, 3.63) is 57.2 Å². The van der Waals surface area contributed by atoms with E-state index in [-0.39, 0.29) is 0 Å². The number of halogens is 2. The van der Waals surface area contributed by atoms with Gasteiger partial charge < -0.3 is 0 Å². The molecule has 2 aromatic carbocycles. The van der Waals surface area contributed by atoms with E-state index in [9.17, 15) is 0 Å². The number of fused-ring (bicyclic) bond motifs is 1. The van der Waals surface area contributed by atoms with Crippen molar-refractivity contribution in [3.63, 3.8) is 0 Å². The third-order valence-corrected chi connectivity index (χ3v) is 4.24. The summed E-state index contributed by atoms with van der Waals surface area (Å²) < 4.78 is 0.978. The highest BCUT2D eigenvalue weighted by atomic mass is 79.9. The van der Waals surface area contributed by atoms with Crippen molar-refractivity contribution in [1.82, 2.24) is 9.97 Å². The molecule has 3 aromatic rings. The number of rotatable bonds is 1. The van der Waals surface area contributed by atoms with E-state index < -0.39 is 0 Å². The van der Waals surface area contributed by atoms with Crippen molar-refractivity contribution in [2.75, 3.05) is 0 Å². The van der Waals surface area contributed by atoms with Gasteiger partial charge in [0.05, 0.1) is 5.52 Å². The molecule has 1 aromatic heterocycles. The highest BCUT2D eigenvalue weighted by Gasteiger charge is 2.11. The van der Waals surface area contributed by atoms with E-state index in [0.29, 0.717) is 11.0 Å². The molecule has 0 aliphatic heterocycles. The van der Waals surface area contributed by atoms with Gasteiger partial charge in [0.1, 0.15) is 5.15 Å². The summed E-state index contributed by atoms with van der Waals surface area (Å²) in [6.45, 7) is 4.16. The summed E-state index contributed by atoms with van der Waals surface area (Å²) in [4.78, 5) is 9.09. The lowest BCUT2D eigenvalue weighted by Crippen LogP contribution is -1.95. The van der Waals surface area contributed by atoms with Crippen molar-refractivity contribution in [1.29, 1.82) is 0 Å². The molecule has 0 unspecified atom stereocenters. The number of nitrogens with zero attached hydrogens (tertiary/aromatic N) is 2. The second-order valence-corrected chi connectivity index (χ2v) is 6.02. The monoisotopic (exact) mass is 346 g/mol. The third-order valence-electron chi connectivity index (χ3n) is 3.46. The first-order valence-corrected chi connectivity index (χ1v) is 7.43. The average Bonchev–Trinajstić information content (AvgIpc) is 2.41. The minimum absolute atomic E-state index is 0.485. The zero-order valence-electron chi connectivity index (χ0n) is 11.1. The predicted octanol–water partition coefficient (Wildman–Crippen LogP) is 5.33. The molecule has 3 rings (SSSR count). The van der Waals surface area contributed by atoms with Crippen molar-refractivity contribution < 1.29 is 0 Å². The van der Waals surface area contributed by atoms with Crippen LogP contribution in [0.25, 0.3) is 22.3 Å². The fourth-order valence-corrected chi connectivity index (χ4v) is 2.77. The molecule has 0 saturated carbocycles. The molecular weight excluding hydrogens is 336 g/mol. The lowest BCUT2D eigenvalue weighted by atomic mass is 10.0. The van der Waals surface area contributed by atoms with Crippen LogP contribution >= 0.6 is 27.5 Å². The Morgan fingerprint density at radius 2 is 1.85 bits per heavy atom. The van der Waals surface area contributed by atoms with Gasteiger partial charge in [-0.1, -0.05) is 45.7 Å².